The van der Waals surface area contributed by atoms with Crippen molar-refractivity contribution in [1.29, 1.82) is 0 Å². The molecular weight excluding hydrogens is 332 g/mol. The fourth-order valence-corrected chi connectivity index (χ4v) is 2.84. The number of pyridine rings is 1. The molecule has 0 radical (unpaired) electrons. The van der Waals surface area contributed by atoms with Gasteiger partial charge in [0.25, 0.3) is 5.91 Å². The van der Waals surface area contributed by atoms with Gasteiger partial charge >= 0.3 is 0 Å². The summed E-state index contributed by atoms with van der Waals surface area (Å²) < 4.78 is 17.1. The predicted molar refractivity (Wildman–Crippen MR) is 96.9 cm³/mol. The molecule has 0 saturated carbocycles. The Morgan fingerprint density at radius 1 is 1.27 bits per heavy atom. The first kappa shape index (κ1) is 18.4. The maximum Gasteiger partial charge on any atom is 0.258 e. The van der Waals surface area contributed by atoms with E-state index >= 15 is 0 Å². The third kappa shape index (κ3) is 5.28. The van der Waals surface area contributed by atoms with Crippen LogP contribution < -0.4 is 10.1 Å². The molecule has 2 aromatic rings. The van der Waals surface area contributed by atoms with Gasteiger partial charge in [0.15, 0.2) is 6.61 Å². The van der Waals surface area contributed by atoms with E-state index in [1.54, 1.807) is 6.20 Å². The van der Waals surface area contributed by atoms with Gasteiger partial charge in [-0.25, -0.2) is 0 Å². The molecule has 1 N–H and O–H groups in total. The fraction of sp³-hybridized carbons (Fsp3) is 0.400. The number of aromatic nitrogens is 1. The van der Waals surface area contributed by atoms with E-state index in [1.807, 2.05) is 49.4 Å². The highest BCUT2D eigenvalue weighted by molar-refractivity contribution is 5.78. The highest BCUT2D eigenvalue weighted by Crippen LogP contribution is 2.16. The number of carbonyl (C=O) groups excluding carboxylic acids is 1. The smallest absolute Gasteiger partial charge is 0.258 e. The molecule has 26 heavy (non-hydrogen) atoms. The molecule has 0 aliphatic carbocycles. The first-order valence-electron chi connectivity index (χ1n) is 8.79. The highest BCUT2D eigenvalue weighted by atomic mass is 16.5. The van der Waals surface area contributed by atoms with Crippen molar-refractivity contribution in [3.8, 4) is 5.75 Å². The van der Waals surface area contributed by atoms with Crippen LogP contribution in [-0.2, 0) is 20.9 Å². The van der Waals surface area contributed by atoms with Gasteiger partial charge in [-0.15, -0.1) is 0 Å². The molecule has 6 nitrogen and oxygen atoms in total. The largest absolute Gasteiger partial charge is 0.484 e. The molecule has 1 aliphatic heterocycles. The van der Waals surface area contributed by atoms with Crippen molar-refractivity contribution >= 4 is 5.91 Å². The van der Waals surface area contributed by atoms with Crippen LogP contribution in [-0.4, -0.2) is 42.9 Å². The lowest BCUT2D eigenvalue weighted by Crippen LogP contribution is -2.51. The van der Waals surface area contributed by atoms with Crippen molar-refractivity contribution in [2.75, 3.05) is 19.8 Å². The van der Waals surface area contributed by atoms with E-state index in [1.165, 1.54) is 0 Å². The number of hydrogen-bond donors (Lipinski definition) is 1. The van der Waals surface area contributed by atoms with E-state index in [0.717, 1.165) is 17.7 Å². The van der Waals surface area contributed by atoms with Crippen molar-refractivity contribution in [3.05, 3.63) is 59.9 Å². The monoisotopic (exact) mass is 356 g/mol. The Bertz CT molecular complexity index is 708. The van der Waals surface area contributed by atoms with Crippen molar-refractivity contribution in [1.82, 2.24) is 10.3 Å². The fourth-order valence-electron chi connectivity index (χ4n) is 2.84. The van der Waals surface area contributed by atoms with Gasteiger partial charge in [-0.1, -0.05) is 24.3 Å². The van der Waals surface area contributed by atoms with Crippen LogP contribution >= 0.6 is 0 Å². The van der Waals surface area contributed by atoms with Gasteiger partial charge in [0.05, 0.1) is 31.1 Å². The molecule has 138 valence electrons. The second kappa shape index (κ2) is 9.31. The third-order valence-corrected chi connectivity index (χ3v) is 4.26. The van der Waals surface area contributed by atoms with Gasteiger partial charge < -0.3 is 19.5 Å². The molecule has 0 unspecified atom stereocenters. The molecule has 1 aromatic heterocycles. The number of ether oxygens (including phenoxy) is 3. The summed E-state index contributed by atoms with van der Waals surface area (Å²) in [4.78, 5) is 16.5. The summed E-state index contributed by atoms with van der Waals surface area (Å²) in [6.45, 7) is 3.39. The number of rotatable bonds is 7. The molecule has 3 rings (SSSR count). The summed E-state index contributed by atoms with van der Waals surface area (Å²) in [5.74, 6) is 0.528. The van der Waals surface area contributed by atoms with Gasteiger partial charge in [0.1, 0.15) is 5.75 Å². The maximum atomic E-state index is 12.3. The van der Waals surface area contributed by atoms with E-state index in [0.29, 0.717) is 25.6 Å². The number of nitrogens with zero attached hydrogens (tertiary/aromatic N) is 1. The molecule has 0 bridgehead atoms. The van der Waals surface area contributed by atoms with Gasteiger partial charge in [0.2, 0.25) is 0 Å². The van der Waals surface area contributed by atoms with E-state index < -0.39 is 0 Å². The van der Waals surface area contributed by atoms with Crippen LogP contribution in [0.15, 0.2) is 48.7 Å². The normalized spacial score (nSPS) is 19.7. The lowest BCUT2D eigenvalue weighted by molar-refractivity contribution is -0.128. The SMILES string of the molecule is Cc1ccccc1OCC(=O)N[C@@H]1COCC[C@H]1OCc1ccccn1. The average Bonchev–Trinajstić information content (AvgIpc) is 2.67. The number of carbonyl (C=O) groups is 1. The number of benzene rings is 1. The Hall–Kier alpha value is -2.44. The standard InChI is InChI=1S/C20H24N2O4/c1-15-6-2-3-8-18(15)26-14-20(23)22-17-13-24-11-9-19(17)25-12-16-7-4-5-10-21-16/h2-8,10,17,19H,9,11-14H2,1H3,(H,22,23)/t17-,19-/m1/s1. The zero-order valence-corrected chi connectivity index (χ0v) is 14.9. The van der Waals surface area contributed by atoms with E-state index in [2.05, 4.69) is 10.3 Å². The third-order valence-electron chi connectivity index (χ3n) is 4.26. The maximum absolute atomic E-state index is 12.3. The van der Waals surface area contributed by atoms with Crippen LogP contribution in [0.5, 0.6) is 5.75 Å². The van der Waals surface area contributed by atoms with Gasteiger partial charge in [0, 0.05) is 12.8 Å². The van der Waals surface area contributed by atoms with Gasteiger partial charge in [-0.05, 0) is 37.1 Å². The van der Waals surface area contributed by atoms with Gasteiger partial charge in [-0.3, -0.25) is 9.78 Å². The quantitative estimate of drug-likeness (QED) is 0.824. The van der Waals surface area contributed by atoms with E-state index in [9.17, 15) is 4.79 Å². The summed E-state index contributed by atoms with van der Waals surface area (Å²) in [6, 6.07) is 13.1. The molecule has 1 amide bonds. The molecule has 1 saturated heterocycles. The van der Waals surface area contributed by atoms with E-state index in [4.69, 9.17) is 14.2 Å². The average molecular weight is 356 g/mol. The lowest BCUT2D eigenvalue weighted by atomic mass is 10.1. The number of nitrogens with one attached hydrogen (secondary N) is 1. The summed E-state index contributed by atoms with van der Waals surface area (Å²) in [7, 11) is 0. The Kier molecular flexibility index (Phi) is 6.57. The number of para-hydroxylation sites is 1. The number of hydrogen-bond acceptors (Lipinski definition) is 5. The zero-order chi connectivity index (χ0) is 18.2. The molecule has 0 spiro atoms. The molecule has 1 aliphatic rings. The Morgan fingerprint density at radius 2 is 2.12 bits per heavy atom. The van der Waals surface area contributed by atoms with Crippen molar-refractivity contribution in [3.63, 3.8) is 0 Å². The Morgan fingerprint density at radius 3 is 2.92 bits per heavy atom. The molecule has 1 aromatic carbocycles. The second-order valence-electron chi connectivity index (χ2n) is 6.26. The van der Waals surface area contributed by atoms with Crippen molar-refractivity contribution in [2.45, 2.75) is 32.1 Å². The van der Waals surface area contributed by atoms with Crippen LogP contribution in [0.25, 0.3) is 0 Å². The molecule has 1 fully saturated rings. The molecule has 2 atom stereocenters. The number of amides is 1. The molecule has 6 heteroatoms. The number of aryl methyl sites for hydroxylation is 1. The lowest BCUT2D eigenvalue weighted by Gasteiger charge is -2.32. The first-order chi connectivity index (χ1) is 12.7. The van der Waals surface area contributed by atoms with Crippen LogP contribution in [0, 0.1) is 6.92 Å². The minimum Gasteiger partial charge on any atom is -0.484 e. The van der Waals surface area contributed by atoms with Gasteiger partial charge in [-0.2, -0.15) is 0 Å². The van der Waals surface area contributed by atoms with Crippen LogP contribution in [0.1, 0.15) is 17.7 Å². The minimum atomic E-state index is -0.194. The predicted octanol–water partition coefficient (Wildman–Crippen LogP) is 2.26. The first-order valence-corrected chi connectivity index (χ1v) is 8.79. The summed E-state index contributed by atoms with van der Waals surface area (Å²) in [5.41, 5.74) is 1.87. The summed E-state index contributed by atoms with van der Waals surface area (Å²) in [5, 5.41) is 2.96. The molecular formula is C20H24N2O4. The van der Waals surface area contributed by atoms with Crippen LogP contribution in [0.2, 0.25) is 0 Å². The minimum absolute atomic E-state index is 0.0334. The van der Waals surface area contributed by atoms with E-state index in [-0.39, 0.29) is 24.7 Å². The summed E-state index contributed by atoms with van der Waals surface area (Å²) >= 11 is 0. The van der Waals surface area contributed by atoms with Crippen molar-refractivity contribution < 1.29 is 19.0 Å². The Labute approximate surface area is 153 Å². The van der Waals surface area contributed by atoms with Crippen LogP contribution in [0.3, 0.4) is 0 Å². The highest BCUT2D eigenvalue weighted by Gasteiger charge is 2.28. The molecule has 2 heterocycles. The zero-order valence-electron chi connectivity index (χ0n) is 14.9. The van der Waals surface area contributed by atoms with Crippen LogP contribution in [0.4, 0.5) is 0 Å². The second-order valence-corrected chi connectivity index (χ2v) is 6.26. The topological polar surface area (TPSA) is 69.7 Å². The van der Waals surface area contributed by atoms with Crippen molar-refractivity contribution in [2.24, 2.45) is 0 Å². The summed E-state index contributed by atoms with van der Waals surface area (Å²) in [6.07, 6.45) is 2.37. The Balaban J connectivity index is 1.49.